The molecule has 12 heteroatoms. The Hall–Kier alpha value is -2.60. The van der Waals surface area contributed by atoms with E-state index in [0.717, 1.165) is 0 Å². The van der Waals surface area contributed by atoms with E-state index in [1.807, 2.05) is 0 Å². The van der Waals surface area contributed by atoms with E-state index in [2.05, 4.69) is 4.74 Å². The zero-order valence-electron chi connectivity index (χ0n) is 14.8. The molecule has 0 heterocycles. The molecule has 1 N–H and O–H groups in total. The molecule has 0 aliphatic heterocycles. The number of hydrogen-bond donors (Lipinski definition) is 1. The first kappa shape index (κ1) is 23.7. The molecule has 164 valence electrons. The molecule has 0 aliphatic carbocycles. The maximum absolute atomic E-state index is 13.5. The first-order chi connectivity index (χ1) is 13.7. The van der Waals surface area contributed by atoms with Crippen LogP contribution in [0.25, 0.3) is 0 Å². The minimum atomic E-state index is -6.39. The van der Waals surface area contributed by atoms with Crippen LogP contribution in [0.5, 0.6) is 0 Å². The molecule has 0 amide bonds. The van der Waals surface area contributed by atoms with Gasteiger partial charge >= 0.3 is 23.9 Å². The Morgan fingerprint density at radius 1 is 0.833 bits per heavy atom. The lowest BCUT2D eigenvalue weighted by Gasteiger charge is -2.36. The fourth-order valence-corrected chi connectivity index (χ4v) is 3.61. The van der Waals surface area contributed by atoms with Gasteiger partial charge in [-0.05, 0) is 11.1 Å². The molecule has 0 unspecified atom stereocenters. The molecule has 0 bridgehead atoms. The minimum absolute atomic E-state index is 0.0128. The predicted octanol–water partition coefficient (Wildman–Crippen LogP) is 4.11. The molecule has 0 aliphatic rings. The van der Waals surface area contributed by atoms with Gasteiger partial charge in [-0.25, -0.2) is 0 Å². The molecule has 0 atom stereocenters. The SMILES string of the molecule is O=C(OC(CS(=O)(=O)O)(C(F)(F)F)C(F)(F)F)C(c1ccccc1)c1ccccc1. The average molecular weight is 456 g/mol. The van der Waals surface area contributed by atoms with Crippen LogP contribution in [0.2, 0.25) is 0 Å². The van der Waals surface area contributed by atoms with Crippen LogP contribution in [0.3, 0.4) is 0 Å². The Morgan fingerprint density at radius 2 is 1.20 bits per heavy atom. The maximum atomic E-state index is 13.5. The molecule has 0 spiro atoms. The third-order valence-corrected chi connectivity index (χ3v) is 4.85. The summed E-state index contributed by atoms with van der Waals surface area (Å²) >= 11 is 0. The van der Waals surface area contributed by atoms with Gasteiger partial charge in [-0.2, -0.15) is 34.8 Å². The summed E-state index contributed by atoms with van der Waals surface area (Å²) in [6.07, 6.45) is -12.8. The largest absolute Gasteiger partial charge is 0.438 e. The Labute approximate surface area is 167 Å². The van der Waals surface area contributed by atoms with Gasteiger partial charge in [0.15, 0.2) is 0 Å². The first-order valence-corrected chi connectivity index (χ1v) is 9.70. The Balaban J connectivity index is 2.63. The summed E-state index contributed by atoms with van der Waals surface area (Å²) in [5.41, 5.74) is -5.44. The zero-order chi connectivity index (χ0) is 22.8. The second kappa shape index (κ2) is 8.26. The fourth-order valence-electron chi connectivity index (χ4n) is 2.71. The van der Waals surface area contributed by atoms with Crippen molar-refractivity contribution in [2.75, 3.05) is 5.75 Å². The molecular weight excluding hydrogens is 442 g/mol. The van der Waals surface area contributed by atoms with Crippen LogP contribution in [-0.4, -0.2) is 42.6 Å². The molecule has 5 nitrogen and oxygen atoms in total. The summed E-state index contributed by atoms with van der Waals surface area (Å²) in [6.45, 7) is 0. The molecule has 2 rings (SSSR count). The van der Waals surface area contributed by atoms with Crippen molar-refractivity contribution in [1.29, 1.82) is 0 Å². The molecule has 2 aromatic rings. The van der Waals surface area contributed by atoms with Crippen molar-refractivity contribution in [1.82, 2.24) is 0 Å². The van der Waals surface area contributed by atoms with Gasteiger partial charge in [0.05, 0.1) is 0 Å². The quantitative estimate of drug-likeness (QED) is 0.402. The summed E-state index contributed by atoms with van der Waals surface area (Å²) in [5.74, 6) is -6.65. The number of alkyl halides is 6. The van der Waals surface area contributed by atoms with Crippen molar-refractivity contribution in [3.8, 4) is 0 Å². The van der Waals surface area contributed by atoms with Gasteiger partial charge in [-0.3, -0.25) is 9.35 Å². The summed E-state index contributed by atoms with van der Waals surface area (Å²) < 4.78 is 115. The van der Waals surface area contributed by atoms with Crippen molar-refractivity contribution >= 4 is 16.1 Å². The van der Waals surface area contributed by atoms with E-state index >= 15 is 0 Å². The van der Waals surface area contributed by atoms with E-state index in [0.29, 0.717) is 0 Å². The van der Waals surface area contributed by atoms with Crippen LogP contribution in [0.4, 0.5) is 26.3 Å². The van der Waals surface area contributed by atoms with E-state index in [4.69, 9.17) is 4.55 Å². The summed E-state index contributed by atoms with van der Waals surface area (Å²) in [4.78, 5) is 12.6. The van der Waals surface area contributed by atoms with Gasteiger partial charge in [0.2, 0.25) is 0 Å². The summed E-state index contributed by atoms with van der Waals surface area (Å²) in [5, 5.41) is 0. The lowest BCUT2D eigenvalue weighted by atomic mass is 9.91. The molecule has 30 heavy (non-hydrogen) atoms. The van der Waals surface area contributed by atoms with Crippen LogP contribution in [0.1, 0.15) is 17.0 Å². The van der Waals surface area contributed by atoms with Crippen molar-refractivity contribution < 1.29 is 48.8 Å². The smallest absolute Gasteiger partial charge is 0.437 e. The normalized spacial score (nSPS) is 13.3. The standard InChI is InChI=1S/C18H14F6O5S/c19-17(20,21)16(18(22,23)24,11-30(26,27)28)29-15(25)14(12-7-3-1-4-8-12)13-9-5-2-6-10-13/h1-10,14H,11H2,(H,26,27,28). The molecule has 0 saturated carbocycles. The Morgan fingerprint density at radius 3 is 1.50 bits per heavy atom. The Bertz CT molecular complexity index is 918. The highest BCUT2D eigenvalue weighted by Gasteiger charge is 2.76. The van der Waals surface area contributed by atoms with Gasteiger partial charge in [-0.1, -0.05) is 60.7 Å². The van der Waals surface area contributed by atoms with E-state index in [9.17, 15) is 39.6 Å². The van der Waals surface area contributed by atoms with Crippen molar-refractivity contribution in [3.63, 3.8) is 0 Å². The monoisotopic (exact) mass is 456 g/mol. The van der Waals surface area contributed by atoms with E-state index < -0.39 is 45.7 Å². The maximum Gasteiger partial charge on any atom is 0.438 e. The second-order valence-corrected chi connectivity index (χ2v) is 7.68. The minimum Gasteiger partial charge on any atom is -0.437 e. The molecule has 0 saturated heterocycles. The van der Waals surface area contributed by atoms with Crippen LogP contribution < -0.4 is 0 Å². The van der Waals surface area contributed by atoms with Gasteiger partial charge in [-0.15, -0.1) is 0 Å². The zero-order valence-corrected chi connectivity index (χ0v) is 15.6. The first-order valence-electron chi connectivity index (χ1n) is 8.09. The summed E-state index contributed by atoms with van der Waals surface area (Å²) in [6, 6.07) is 13.7. The van der Waals surface area contributed by atoms with Crippen LogP contribution in [0, 0.1) is 0 Å². The topological polar surface area (TPSA) is 80.7 Å². The fraction of sp³-hybridized carbons (Fsp3) is 0.278. The van der Waals surface area contributed by atoms with Crippen molar-refractivity contribution in [3.05, 3.63) is 71.8 Å². The van der Waals surface area contributed by atoms with Crippen molar-refractivity contribution in [2.24, 2.45) is 0 Å². The number of ether oxygens (including phenoxy) is 1. The van der Waals surface area contributed by atoms with E-state index in [1.165, 1.54) is 60.7 Å². The number of benzene rings is 2. The predicted molar refractivity (Wildman–Crippen MR) is 92.1 cm³/mol. The second-order valence-electron chi connectivity index (χ2n) is 6.22. The average Bonchev–Trinajstić information content (AvgIpc) is 2.60. The van der Waals surface area contributed by atoms with Crippen LogP contribution in [0.15, 0.2) is 60.7 Å². The van der Waals surface area contributed by atoms with Crippen molar-refractivity contribution in [2.45, 2.75) is 23.9 Å². The number of esters is 1. The van der Waals surface area contributed by atoms with E-state index in [-0.39, 0.29) is 11.1 Å². The van der Waals surface area contributed by atoms with Gasteiger partial charge in [0, 0.05) is 0 Å². The molecule has 0 radical (unpaired) electrons. The van der Waals surface area contributed by atoms with E-state index in [1.54, 1.807) is 0 Å². The highest BCUT2D eigenvalue weighted by molar-refractivity contribution is 7.85. The lowest BCUT2D eigenvalue weighted by Crippen LogP contribution is -2.63. The number of rotatable bonds is 6. The highest BCUT2D eigenvalue weighted by atomic mass is 32.2. The third kappa shape index (κ3) is 5.11. The van der Waals surface area contributed by atoms with Gasteiger partial charge < -0.3 is 4.74 Å². The Kier molecular flexibility index (Phi) is 6.52. The number of carbonyl (C=O) groups excluding carboxylic acids is 1. The third-order valence-electron chi connectivity index (χ3n) is 4.08. The summed E-state index contributed by atoms with van der Waals surface area (Å²) in [7, 11) is -5.87. The number of hydrogen-bond acceptors (Lipinski definition) is 4. The van der Waals surface area contributed by atoms with Gasteiger partial charge in [0.1, 0.15) is 11.7 Å². The number of carbonyl (C=O) groups is 1. The van der Waals surface area contributed by atoms with Crippen LogP contribution >= 0.6 is 0 Å². The molecule has 0 aromatic heterocycles. The lowest BCUT2D eigenvalue weighted by molar-refractivity contribution is -0.361. The molecule has 2 aromatic carbocycles. The number of halogens is 6. The highest BCUT2D eigenvalue weighted by Crippen LogP contribution is 2.47. The molecule has 0 fully saturated rings. The van der Waals surface area contributed by atoms with Gasteiger partial charge in [0.25, 0.3) is 10.1 Å². The van der Waals surface area contributed by atoms with Crippen LogP contribution in [-0.2, 0) is 19.6 Å². The molecular formula is C18H14F6O5S.